The van der Waals surface area contributed by atoms with E-state index < -0.39 is 0 Å². The number of halogens is 1. The van der Waals surface area contributed by atoms with Crippen molar-refractivity contribution in [2.45, 2.75) is 19.9 Å². The lowest BCUT2D eigenvalue weighted by molar-refractivity contribution is 0.575. The van der Waals surface area contributed by atoms with Gasteiger partial charge in [-0.3, -0.25) is 4.79 Å². The first-order valence-corrected chi connectivity index (χ1v) is 8.39. The Labute approximate surface area is 149 Å². The van der Waals surface area contributed by atoms with Crippen molar-refractivity contribution in [3.63, 3.8) is 0 Å². The first-order valence-electron chi connectivity index (χ1n) is 8.39. The van der Waals surface area contributed by atoms with Crippen molar-refractivity contribution in [2.24, 2.45) is 0 Å². The number of hydrogen-bond acceptors (Lipinski definition) is 3. The van der Waals surface area contributed by atoms with Gasteiger partial charge >= 0.3 is 0 Å². The molecule has 0 saturated heterocycles. The summed E-state index contributed by atoms with van der Waals surface area (Å²) in [6.07, 6.45) is 2.34. The fraction of sp³-hybridized carbons (Fsp3) is 0.150. The minimum atomic E-state index is -0.330. The average Bonchev–Trinajstić information content (AvgIpc) is 3.11. The van der Waals surface area contributed by atoms with Crippen LogP contribution in [0.1, 0.15) is 11.3 Å². The van der Waals surface area contributed by atoms with Gasteiger partial charge in [0, 0.05) is 11.9 Å². The van der Waals surface area contributed by atoms with E-state index in [0.29, 0.717) is 29.6 Å². The van der Waals surface area contributed by atoms with Gasteiger partial charge in [-0.2, -0.15) is 10.2 Å². The molecule has 4 rings (SSSR count). The van der Waals surface area contributed by atoms with Gasteiger partial charge in [-0.1, -0.05) is 30.3 Å². The zero-order chi connectivity index (χ0) is 18.1. The Morgan fingerprint density at radius 3 is 2.50 bits per heavy atom. The Morgan fingerprint density at radius 1 is 1.04 bits per heavy atom. The maximum Gasteiger partial charge on any atom is 0.293 e. The van der Waals surface area contributed by atoms with Gasteiger partial charge in [-0.15, -0.1) is 0 Å². The minimum Gasteiger partial charge on any atom is -0.265 e. The molecule has 5 nitrogen and oxygen atoms in total. The topological polar surface area (TPSA) is 52.7 Å². The molecule has 0 amide bonds. The lowest BCUT2D eigenvalue weighted by Crippen LogP contribution is -2.26. The molecule has 0 unspecified atom stereocenters. The van der Waals surface area contributed by atoms with Gasteiger partial charge in [0.15, 0.2) is 0 Å². The molecular weight excluding hydrogens is 331 g/mol. The fourth-order valence-corrected chi connectivity index (χ4v) is 3.03. The highest BCUT2D eigenvalue weighted by Crippen LogP contribution is 2.17. The normalized spacial score (nSPS) is 11.2. The Morgan fingerprint density at radius 2 is 1.77 bits per heavy atom. The number of aromatic nitrogens is 4. The van der Waals surface area contributed by atoms with Crippen molar-refractivity contribution in [1.82, 2.24) is 19.6 Å². The maximum atomic E-state index is 13.2. The van der Waals surface area contributed by atoms with Crippen LogP contribution >= 0.6 is 0 Å². The van der Waals surface area contributed by atoms with Gasteiger partial charge in [-0.25, -0.2) is 13.8 Å². The third-order valence-corrected chi connectivity index (χ3v) is 4.39. The van der Waals surface area contributed by atoms with E-state index in [1.54, 1.807) is 23.0 Å². The first-order chi connectivity index (χ1) is 12.6. The summed E-state index contributed by atoms with van der Waals surface area (Å²) < 4.78 is 16.2. The van der Waals surface area contributed by atoms with E-state index in [4.69, 9.17) is 0 Å². The molecule has 2 aromatic heterocycles. The van der Waals surface area contributed by atoms with Crippen LogP contribution in [-0.4, -0.2) is 19.6 Å². The van der Waals surface area contributed by atoms with Crippen molar-refractivity contribution in [3.8, 4) is 5.69 Å². The smallest absolute Gasteiger partial charge is 0.265 e. The summed E-state index contributed by atoms with van der Waals surface area (Å²) >= 11 is 0. The minimum absolute atomic E-state index is 0.205. The SMILES string of the molecule is Cc1nn(CCc2ccccc2)c(=O)c2c1cnn2-c1ccc(F)cc1. The second kappa shape index (κ2) is 6.55. The highest BCUT2D eigenvalue weighted by molar-refractivity contribution is 5.81. The van der Waals surface area contributed by atoms with E-state index in [1.165, 1.54) is 16.8 Å². The van der Waals surface area contributed by atoms with Gasteiger partial charge in [0.05, 0.1) is 17.6 Å². The van der Waals surface area contributed by atoms with Crippen LogP contribution in [0.4, 0.5) is 4.39 Å². The maximum absolute atomic E-state index is 13.2. The summed E-state index contributed by atoms with van der Waals surface area (Å²) in [7, 11) is 0. The number of hydrogen-bond donors (Lipinski definition) is 0. The third kappa shape index (κ3) is 2.90. The molecule has 0 N–H and O–H groups in total. The molecule has 0 fully saturated rings. The number of benzene rings is 2. The monoisotopic (exact) mass is 348 g/mol. The first kappa shape index (κ1) is 16.2. The predicted molar refractivity (Wildman–Crippen MR) is 98.0 cm³/mol. The molecule has 130 valence electrons. The highest BCUT2D eigenvalue weighted by atomic mass is 19.1. The van der Waals surface area contributed by atoms with Crippen molar-refractivity contribution in [1.29, 1.82) is 0 Å². The van der Waals surface area contributed by atoms with E-state index in [0.717, 1.165) is 11.3 Å². The lowest BCUT2D eigenvalue weighted by Gasteiger charge is -2.09. The highest BCUT2D eigenvalue weighted by Gasteiger charge is 2.15. The zero-order valence-corrected chi connectivity index (χ0v) is 14.3. The van der Waals surface area contributed by atoms with Crippen molar-refractivity contribution >= 4 is 10.9 Å². The van der Waals surface area contributed by atoms with Gasteiger partial charge in [0.2, 0.25) is 0 Å². The number of aryl methyl sites for hydroxylation is 3. The molecule has 0 spiro atoms. The molecule has 0 aliphatic carbocycles. The Hall–Kier alpha value is -3.28. The van der Waals surface area contributed by atoms with Gasteiger partial charge < -0.3 is 0 Å². The molecule has 4 aromatic rings. The molecular formula is C20H17FN4O. The van der Waals surface area contributed by atoms with Crippen LogP contribution < -0.4 is 5.56 Å². The molecule has 0 saturated carbocycles. The summed E-state index contributed by atoms with van der Waals surface area (Å²) in [6.45, 7) is 2.34. The summed E-state index contributed by atoms with van der Waals surface area (Å²) in [6, 6.07) is 15.9. The lowest BCUT2D eigenvalue weighted by atomic mass is 10.1. The molecule has 6 heteroatoms. The molecule has 2 heterocycles. The van der Waals surface area contributed by atoms with Crippen molar-refractivity contribution in [3.05, 3.63) is 88.2 Å². The van der Waals surface area contributed by atoms with E-state index in [1.807, 2.05) is 37.3 Å². The van der Waals surface area contributed by atoms with Crippen LogP contribution in [0.25, 0.3) is 16.6 Å². The summed E-state index contributed by atoms with van der Waals surface area (Å²) in [5.74, 6) is -0.330. The van der Waals surface area contributed by atoms with Gasteiger partial charge in [0.25, 0.3) is 5.56 Å². The summed E-state index contributed by atoms with van der Waals surface area (Å²) in [5, 5.41) is 9.45. The second-order valence-electron chi connectivity index (χ2n) is 6.14. The average molecular weight is 348 g/mol. The summed E-state index contributed by atoms with van der Waals surface area (Å²) in [4.78, 5) is 13.0. The van der Waals surface area contributed by atoms with Crippen LogP contribution in [0, 0.1) is 12.7 Å². The molecule has 26 heavy (non-hydrogen) atoms. The predicted octanol–water partition coefficient (Wildman–Crippen LogP) is 3.27. The van der Waals surface area contributed by atoms with Crippen molar-refractivity contribution in [2.75, 3.05) is 0 Å². The van der Waals surface area contributed by atoms with Gasteiger partial charge in [-0.05, 0) is 43.2 Å². The van der Waals surface area contributed by atoms with E-state index >= 15 is 0 Å². The molecule has 0 atom stereocenters. The van der Waals surface area contributed by atoms with E-state index in [2.05, 4.69) is 10.2 Å². The van der Waals surface area contributed by atoms with Crippen LogP contribution in [-0.2, 0) is 13.0 Å². The zero-order valence-electron chi connectivity index (χ0n) is 14.3. The second-order valence-corrected chi connectivity index (χ2v) is 6.14. The van der Waals surface area contributed by atoms with E-state index in [9.17, 15) is 9.18 Å². The molecule has 0 radical (unpaired) electrons. The molecule has 0 aliphatic heterocycles. The van der Waals surface area contributed by atoms with Crippen LogP contribution in [0.5, 0.6) is 0 Å². The Kier molecular flexibility index (Phi) is 4.08. The van der Waals surface area contributed by atoms with Crippen molar-refractivity contribution < 1.29 is 4.39 Å². The largest absolute Gasteiger partial charge is 0.293 e. The fourth-order valence-electron chi connectivity index (χ4n) is 3.03. The standard InChI is InChI=1S/C20H17FN4O/c1-14-18-13-22-25(17-9-7-16(21)8-10-17)19(18)20(26)24(23-14)12-11-15-5-3-2-4-6-15/h2-10,13H,11-12H2,1H3. The molecule has 0 bridgehead atoms. The Bertz CT molecular complexity index is 1110. The van der Waals surface area contributed by atoms with Crippen LogP contribution in [0.2, 0.25) is 0 Å². The van der Waals surface area contributed by atoms with Crippen LogP contribution in [0.3, 0.4) is 0 Å². The van der Waals surface area contributed by atoms with Crippen LogP contribution in [0.15, 0.2) is 65.6 Å². The number of rotatable bonds is 4. The number of nitrogens with zero attached hydrogens (tertiary/aromatic N) is 4. The van der Waals surface area contributed by atoms with Gasteiger partial charge in [0.1, 0.15) is 11.3 Å². The molecule has 2 aromatic carbocycles. The Balaban J connectivity index is 1.78. The third-order valence-electron chi connectivity index (χ3n) is 4.39. The quantitative estimate of drug-likeness (QED) is 0.569. The molecule has 0 aliphatic rings. The van der Waals surface area contributed by atoms with E-state index in [-0.39, 0.29) is 11.4 Å². The summed E-state index contributed by atoms with van der Waals surface area (Å²) in [5.41, 5.74) is 2.77. The number of fused-ring (bicyclic) bond motifs is 1.